The first-order valence-electron chi connectivity index (χ1n) is 11.9. The molecule has 5 rings (SSSR count). The van der Waals surface area contributed by atoms with Gasteiger partial charge in [-0.1, -0.05) is 48.5 Å². The van der Waals surface area contributed by atoms with Crippen LogP contribution in [0, 0.1) is 0 Å². The molecule has 0 saturated carbocycles. The van der Waals surface area contributed by atoms with E-state index in [1.54, 1.807) is 0 Å². The largest absolute Gasteiger partial charge is 0.507 e. The van der Waals surface area contributed by atoms with Gasteiger partial charge in [-0.3, -0.25) is 9.80 Å². The van der Waals surface area contributed by atoms with E-state index in [4.69, 9.17) is 9.15 Å². The Labute approximate surface area is 199 Å². The molecule has 178 valence electrons. The molecular formula is C27H31N3O4. The highest BCUT2D eigenvalue weighted by atomic mass is 16.5. The highest BCUT2D eigenvalue weighted by Crippen LogP contribution is 2.27. The summed E-state index contributed by atoms with van der Waals surface area (Å²) in [6, 6.07) is 20.5. The quantitative estimate of drug-likeness (QED) is 0.604. The predicted molar refractivity (Wildman–Crippen MR) is 131 cm³/mol. The van der Waals surface area contributed by atoms with E-state index >= 15 is 0 Å². The highest BCUT2D eigenvalue weighted by molar-refractivity contribution is 5.46. The third-order valence-corrected chi connectivity index (χ3v) is 6.74. The number of nitrogens with zero attached hydrogens (tertiary/aromatic N) is 3. The van der Waals surface area contributed by atoms with E-state index in [0.29, 0.717) is 43.9 Å². The summed E-state index contributed by atoms with van der Waals surface area (Å²) < 4.78 is 11.3. The lowest BCUT2D eigenvalue weighted by atomic mass is 10.1. The molecule has 1 aromatic heterocycles. The highest BCUT2D eigenvalue weighted by Gasteiger charge is 2.25. The maximum absolute atomic E-state index is 12.5. The van der Waals surface area contributed by atoms with Crippen molar-refractivity contribution in [2.75, 3.05) is 50.8 Å². The summed E-state index contributed by atoms with van der Waals surface area (Å²) in [5.74, 6) is 0.0597. The Hall–Kier alpha value is -3.13. The van der Waals surface area contributed by atoms with Crippen LogP contribution < -0.4 is 10.5 Å². The maximum atomic E-state index is 12.5. The zero-order chi connectivity index (χ0) is 23.3. The van der Waals surface area contributed by atoms with Crippen LogP contribution in [0.3, 0.4) is 0 Å². The molecule has 3 heterocycles. The van der Waals surface area contributed by atoms with Crippen LogP contribution in [0.1, 0.15) is 22.8 Å². The van der Waals surface area contributed by atoms with Crippen LogP contribution in [0.25, 0.3) is 0 Å². The van der Waals surface area contributed by atoms with Crippen LogP contribution >= 0.6 is 0 Å². The molecule has 0 unspecified atom stereocenters. The fourth-order valence-corrected chi connectivity index (χ4v) is 4.78. The zero-order valence-corrected chi connectivity index (χ0v) is 19.3. The number of piperazine rings is 1. The van der Waals surface area contributed by atoms with Gasteiger partial charge in [0.2, 0.25) is 0 Å². The standard InChI is InChI=1S/C27H31N3O4/c31-26-22(17-28-11-13-30(14-12-28)23-9-5-2-6-10-23)20-34-27(32)24(26)18-29-15-16-33-25(19-29)21-7-3-1-4-8-21/h1-10,20,25,31H,11-19H2/t25-/m1/s1. The van der Waals surface area contributed by atoms with Gasteiger partial charge in [-0.15, -0.1) is 0 Å². The van der Waals surface area contributed by atoms with Crippen molar-refractivity contribution >= 4 is 5.69 Å². The average molecular weight is 462 g/mol. The van der Waals surface area contributed by atoms with Gasteiger partial charge in [0, 0.05) is 63.6 Å². The number of hydrogen-bond donors (Lipinski definition) is 1. The summed E-state index contributed by atoms with van der Waals surface area (Å²) in [4.78, 5) is 19.3. The van der Waals surface area contributed by atoms with Crippen molar-refractivity contribution in [3.63, 3.8) is 0 Å². The van der Waals surface area contributed by atoms with Gasteiger partial charge in [0.25, 0.3) is 0 Å². The van der Waals surface area contributed by atoms with E-state index in [1.165, 1.54) is 12.0 Å². The molecule has 2 fully saturated rings. The Morgan fingerprint density at radius 2 is 1.56 bits per heavy atom. The lowest BCUT2D eigenvalue weighted by Gasteiger charge is -2.36. The molecule has 34 heavy (non-hydrogen) atoms. The molecule has 2 aliphatic heterocycles. The number of aromatic hydroxyl groups is 1. The first-order chi connectivity index (χ1) is 16.7. The van der Waals surface area contributed by atoms with Crippen LogP contribution in [0.5, 0.6) is 5.75 Å². The molecule has 1 N–H and O–H groups in total. The van der Waals surface area contributed by atoms with Gasteiger partial charge in [-0.25, -0.2) is 4.79 Å². The first-order valence-corrected chi connectivity index (χ1v) is 11.9. The Bertz CT molecular complexity index is 1130. The van der Waals surface area contributed by atoms with Crippen LogP contribution in [-0.4, -0.2) is 60.8 Å². The minimum Gasteiger partial charge on any atom is -0.507 e. The van der Waals surface area contributed by atoms with Crippen molar-refractivity contribution in [1.29, 1.82) is 0 Å². The van der Waals surface area contributed by atoms with Crippen LogP contribution in [0.15, 0.2) is 76.1 Å². The van der Waals surface area contributed by atoms with Crippen molar-refractivity contribution in [2.45, 2.75) is 19.2 Å². The molecule has 2 aromatic carbocycles. The van der Waals surface area contributed by atoms with Crippen molar-refractivity contribution in [3.8, 4) is 5.75 Å². The van der Waals surface area contributed by atoms with Crippen molar-refractivity contribution in [1.82, 2.24) is 9.80 Å². The van der Waals surface area contributed by atoms with Gasteiger partial charge in [0.1, 0.15) is 12.0 Å². The Morgan fingerprint density at radius 1 is 0.853 bits per heavy atom. The van der Waals surface area contributed by atoms with E-state index in [2.05, 4.69) is 51.1 Å². The molecule has 0 aliphatic carbocycles. The number of para-hydroxylation sites is 1. The molecule has 2 aliphatic rings. The van der Waals surface area contributed by atoms with Crippen LogP contribution in [0.2, 0.25) is 0 Å². The lowest BCUT2D eigenvalue weighted by Crippen LogP contribution is -2.46. The Morgan fingerprint density at radius 3 is 2.29 bits per heavy atom. The average Bonchev–Trinajstić information content (AvgIpc) is 2.90. The summed E-state index contributed by atoms with van der Waals surface area (Å²) in [7, 11) is 0. The van der Waals surface area contributed by atoms with E-state index in [0.717, 1.165) is 31.7 Å². The van der Waals surface area contributed by atoms with Crippen molar-refractivity contribution < 1.29 is 14.3 Å². The number of morpholine rings is 1. The van der Waals surface area contributed by atoms with Crippen LogP contribution in [-0.2, 0) is 17.8 Å². The monoisotopic (exact) mass is 461 g/mol. The molecule has 7 heteroatoms. The summed E-state index contributed by atoms with van der Waals surface area (Å²) in [6.45, 7) is 6.44. The number of ether oxygens (including phenoxy) is 1. The van der Waals surface area contributed by atoms with Gasteiger partial charge in [-0.05, 0) is 17.7 Å². The second kappa shape index (κ2) is 10.4. The van der Waals surface area contributed by atoms with E-state index in [1.807, 2.05) is 24.3 Å². The molecule has 7 nitrogen and oxygen atoms in total. The van der Waals surface area contributed by atoms with Gasteiger partial charge >= 0.3 is 5.63 Å². The number of rotatable bonds is 6. The molecule has 1 atom stereocenters. The van der Waals surface area contributed by atoms with Gasteiger partial charge < -0.3 is 19.2 Å². The van der Waals surface area contributed by atoms with Crippen LogP contribution in [0.4, 0.5) is 5.69 Å². The van der Waals surface area contributed by atoms with E-state index in [-0.39, 0.29) is 11.9 Å². The van der Waals surface area contributed by atoms with Gasteiger partial charge in [0.05, 0.1) is 18.3 Å². The second-order valence-corrected chi connectivity index (χ2v) is 8.98. The van der Waals surface area contributed by atoms with E-state index < -0.39 is 5.63 Å². The predicted octanol–water partition coefficient (Wildman–Crippen LogP) is 3.24. The molecule has 2 saturated heterocycles. The molecule has 0 radical (unpaired) electrons. The number of anilines is 1. The summed E-state index contributed by atoms with van der Waals surface area (Å²) in [5.41, 5.74) is 2.87. The zero-order valence-electron chi connectivity index (χ0n) is 19.3. The Balaban J connectivity index is 1.23. The molecule has 3 aromatic rings. The third kappa shape index (κ3) is 5.17. The minimum atomic E-state index is -0.474. The smallest absolute Gasteiger partial charge is 0.343 e. The first kappa shape index (κ1) is 22.7. The molecule has 0 spiro atoms. The van der Waals surface area contributed by atoms with Crippen molar-refractivity contribution in [2.24, 2.45) is 0 Å². The molecule has 0 bridgehead atoms. The number of benzene rings is 2. The fourth-order valence-electron chi connectivity index (χ4n) is 4.78. The fraction of sp³-hybridized carbons (Fsp3) is 0.370. The topological polar surface area (TPSA) is 69.4 Å². The summed E-state index contributed by atoms with van der Waals surface area (Å²) >= 11 is 0. The van der Waals surface area contributed by atoms with Gasteiger partial charge in [0.15, 0.2) is 0 Å². The maximum Gasteiger partial charge on any atom is 0.343 e. The summed E-state index contributed by atoms with van der Waals surface area (Å²) in [6.07, 6.45) is 1.37. The third-order valence-electron chi connectivity index (χ3n) is 6.74. The minimum absolute atomic E-state index is 0.0479. The lowest BCUT2D eigenvalue weighted by molar-refractivity contribution is -0.0334. The normalized spacial score (nSPS) is 19.9. The Kier molecular flexibility index (Phi) is 6.94. The molecular weight excluding hydrogens is 430 g/mol. The van der Waals surface area contributed by atoms with Gasteiger partial charge in [-0.2, -0.15) is 0 Å². The number of hydrogen-bond acceptors (Lipinski definition) is 7. The van der Waals surface area contributed by atoms with Crippen molar-refractivity contribution in [3.05, 3.63) is 94.0 Å². The summed E-state index contributed by atoms with van der Waals surface area (Å²) in [5, 5.41) is 11.0. The second-order valence-electron chi connectivity index (χ2n) is 8.98. The SMILES string of the molecule is O=c1occ(CN2CCN(c3ccccc3)CC2)c(O)c1CN1CCO[C@@H](c2ccccc2)C1. The van der Waals surface area contributed by atoms with E-state index in [9.17, 15) is 9.90 Å². The molecule has 0 amide bonds.